The van der Waals surface area contributed by atoms with Crippen molar-refractivity contribution in [1.29, 1.82) is 0 Å². The highest BCUT2D eigenvalue weighted by molar-refractivity contribution is 7.89. The number of benzene rings is 1. The molecule has 7 nitrogen and oxygen atoms in total. The Kier molecular flexibility index (Phi) is 3.70. The van der Waals surface area contributed by atoms with Gasteiger partial charge in [-0.25, -0.2) is 23.5 Å². The summed E-state index contributed by atoms with van der Waals surface area (Å²) < 4.78 is 58.5. The minimum absolute atomic E-state index is 0.135. The number of anilines is 1. The number of hydrogen-bond acceptors (Lipinski definition) is 6. The first-order chi connectivity index (χ1) is 13.2. The Morgan fingerprint density at radius 2 is 1.96 bits per heavy atom. The zero-order valence-electron chi connectivity index (χ0n) is 14.9. The number of aromatic nitrogens is 2. The first kappa shape index (κ1) is 17.7. The van der Waals surface area contributed by atoms with Gasteiger partial charge in [0.05, 0.1) is 12.3 Å². The SMILES string of the molecule is NS(=O)(=O)c1cc(-c2nc(N3CCC3)nc3c2CCC3(F)F)cc2c1OCC2. The highest BCUT2D eigenvalue weighted by Crippen LogP contribution is 2.46. The van der Waals surface area contributed by atoms with Crippen LogP contribution in [0.5, 0.6) is 5.75 Å². The number of rotatable bonds is 3. The average molecular weight is 408 g/mol. The summed E-state index contributed by atoms with van der Waals surface area (Å²) in [5.74, 6) is -2.52. The number of alkyl halides is 2. The third-order valence-electron chi connectivity index (χ3n) is 5.50. The van der Waals surface area contributed by atoms with Gasteiger partial charge in [0, 0.05) is 37.1 Å². The minimum atomic E-state index is -4.04. The Morgan fingerprint density at radius 1 is 1.18 bits per heavy atom. The van der Waals surface area contributed by atoms with Gasteiger partial charge < -0.3 is 9.64 Å². The number of nitrogens with zero attached hydrogens (tertiary/aromatic N) is 3. The maximum atomic E-state index is 14.4. The number of primary sulfonamides is 1. The van der Waals surface area contributed by atoms with Gasteiger partial charge in [0.2, 0.25) is 16.0 Å². The summed E-state index contributed by atoms with van der Waals surface area (Å²) in [5, 5.41) is 5.37. The summed E-state index contributed by atoms with van der Waals surface area (Å²) in [6.45, 7) is 1.77. The largest absolute Gasteiger partial charge is 0.492 e. The van der Waals surface area contributed by atoms with Crippen LogP contribution in [-0.2, 0) is 28.8 Å². The lowest BCUT2D eigenvalue weighted by Crippen LogP contribution is -2.38. The molecule has 2 aliphatic heterocycles. The third-order valence-corrected chi connectivity index (χ3v) is 6.42. The van der Waals surface area contributed by atoms with E-state index < -0.39 is 15.9 Å². The van der Waals surface area contributed by atoms with Crippen molar-refractivity contribution in [3.05, 3.63) is 29.0 Å². The van der Waals surface area contributed by atoms with Crippen LogP contribution in [0.15, 0.2) is 17.0 Å². The second kappa shape index (κ2) is 5.84. The van der Waals surface area contributed by atoms with Crippen LogP contribution in [0.2, 0.25) is 0 Å². The molecule has 1 aromatic heterocycles. The number of fused-ring (bicyclic) bond motifs is 2. The van der Waals surface area contributed by atoms with E-state index in [0.717, 1.165) is 6.42 Å². The van der Waals surface area contributed by atoms with Crippen molar-refractivity contribution in [3.8, 4) is 17.0 Å². The third kappa shape index (κ3) is 2.66. The average Bonchev–Trinajstić information content (AvgIpc) is 3.15. The van der Waals surface area contributed by atoms with Gasteiger partial charge in [-0.2, -0.15) is 8.78 Å². The molecule has 0 radical (unpaired) electrons. The molecule has 148 valence electrons. The monoisotopic (exact) mass is 408 g/mol. The van der Waals surface area contributed by atoms with Crippen LogP contribution >= 0.6 is 0 Å². The molecular weight excluding hydrogens is 390 g/mol. The number of sulfonamides is 1. The molecule has 1 saturated heterocycles. The maximum Gasteiger partial charge on any atom is 0.290 e. The summed E-state index contributed by atoms with van der Waals surface area (Å²) in [6.07, 6.45) is 1.28. The Hall–Kier alpha value is -2.33. The van der Waals surface area contributed by atoms with Crippen molar-refractivity contribution in [2.24, 2.45) is 5.14 Å². The molecule has 3 heterocycles. The summed E-state index contributed by atoms with van der Waals surface area (Å²) in [5.41, 5.74) is 1.60. The van der Waals surface area contributed by atoms with E-state index in [4.69, 9.17) is 9.88 Å². The normalized spacial score (nSPS) is 19.8. The lowest BCUT2D eigenvalue weighted by Gasteiger charge is -2.31. The molecule has 0 atom stereocenters. The molecule has 1 aliphatic carbocycles. The van der Waals surface area contributed by atoms with E-state index in [1.165, 1.54) is 6.07 Å². The van der Waals surface area contributed by atoms with Crippen molar-refractivity contribution in [2.75, 3.05) is 24.6 Å². The van der Waals surface area contributed by atoms with E-state index in [1.807, 2.05) is 4.90 Å². The molecule has 2 aromatic rings. The molecule has 0 bridgehead atoms. The Balaban J connectivity index is 1.75. The Morgan fingerprint density at radius 3 is 2.64 bits per heavy atom. The van der Waals surface area contributed by atoms with Crippen LogP contribution < -0.4 is 14.8 Å². The van der Waals surface area contributed by atoms with Gasteiger partial charge in [-0.1, -0.05) is 0 Å². The first-order valence-corrected chi connectivity index (χ1v) is 10.7. The predicted molar refractivity (Wildman–Crippen MR) is 97.1 cm³/mol. The van der Waals surface area contributed by atoms with E-state index in [9.17, 15) is 17.2 Å². The molecule has 1 aromatic carbocycles. The van der Waals surface area contributed by atoms with Gasteiger partial charge in [0.1, 0.15) is 16.3 Å². The second-order valence-electron chi connectivity index (χ2n) is 7.35. The fraction of sp³-hybridized carbons (Fsp3) is 0.444. The second-order valence-corrected chi connectivity index (χ2v) is 8.88. The topological polar surface area (TPSA) is 98.4 Å². The van der Waals surface area contributed by atoms with Gasteiger partial charge in [0.25, 0.3) is 5.92 Å². The predicted octanol–water partition coefficient (Wildman–Crippen LogP) is 1.97. The van der Waals surface area contributed by atoms with Crippen LogP contribution in [0.4, 0.5) is 14.7 Å². The Bertz CT molecular complexity index is 1100. The lowest BCUT2D eigenvalue weighted by atomic mass is 10.0. The molecule has 0 unspecified atom stereocenters. The Labute approximate surface area is 160 Å². The van der Waals surface area contributed by atoms with Gasteiger partial charge >= 0.3 is 0 Å². The molecule has 10 heteroatoms. The van der Waals surface area contributed by atoms with Crippen molar-refractivity contribution < 1.29 is 21.9 Å². The number of nitrogens with two attached hydrogens (primary N) is 1. The van der Waals surface area contributed by atoms with Gasteiger partial charge in [-0.15, -0.1) is 0 Å². The van der Waals surface area contributed by atoms with E-state index in [-0.39, 0.29) is 35.1 Å². The van der Waals surface area contributed by atoms with Crippen molar-refractivity contribution in [1.82, 2.24) is 9.97 Å². The van der Waals surface area contributed by atoms with Crippen LogP contribution in [0.1, 0.15) is 29.7 Å². The summed E-state index contributed by atoms with van der Waals surface area (Å²) in [7, 11) is -4.04. The van der Waals surface area contributed by atoms with Gasteiger partial charge in [0.15, 0.2) is 0 Å². The number of hydrogen-bond donors (Lipinski definition) is 1. The highest BCUT2D eigenvalue weighted by atomic mass is 32.2. The van der Waals surface area contributed by atoms with E-state index in [0.29, 0.717) is 48.5 Å². The van der Waals surface area contributed by atoms with Gasteiger partial charge in [-0.3, -0.25) is 0 Å². The number of halogens is 2. The van der Waals surface area contributed by atoms with Crippen LogP contribution in [-0.4, -0.2) is 38.1 Å². The van der Waals surface area contributed by atoms with Crippen LogP contribution in [0, 0.1) is 0 Å². The molecule has 2 N–H and O–H groups in total. The van der Waals surface area contributed by atoms with E-state index in [1.54, 1.807) is 6.07 Å². The summed E-state index contributed by atoms with van der Waals surface area (Å²) in [4.78, 5) is 10.4. The summed E-state index contributed by atoms with van der Waals surface area (Å²) >= 11 is 0. The quantitative estimate of drug-likeness (QED) is 0.834. The van der Waals surface area contributed by atoms with Crippen molar-refractivity contribution in [2.45, 2.75) is 36.5 Å². The van der Waals surface area contributed by atoms with Crippen molar-refractivity contribution >= 4 is 16.0 Å². The highest BCUT2D eigenvalue weighted by Gasteiger charge is 2.44. The molecular formula is C18H18F2N4O3S. The molecule has 5 rings (SSSR count). The van der Waals surface area contributed by atoms with E-state index in [2.05, 4.69) is 9.97 Å². The van der Waals surface area contributed by atoms with Gasteiger partial charge in [-0.05, 0) is 30.5 Å². The minimum Gasteiger partial charge on any atom is -0.492 e. The summed E-state index contributed by atoms with van der Waals surface area (Å²) in [6, 6.07) is 3.13. The first-order valence-electron chi connectivity index (χ1n) is 9.11. The molecule has 3 aliphatic rings. The molecule has 0 saturated carbocycles. The zero-order chi connectivity index (χ0) is 19.7. The molecule has 28 heavy (non-hydrogen) atoms. The fourth-order valence-corrected chi connectivity index (χ4v) is 4.67. The number of ether oxygens (including phenoxy) is 1. The standard InChI is InChI=1S/C18H18F2N4O3S/c19-18(20)4-2-12-14(22-17(23-16(12)18)24-5-1-6-24)11-8-10-3-7-27-15(10)13(9-11)28(21,25)26/h8-9H,1-7H2,(H2,21,25,26). The van der Waals surface area contributed by atoms with E-state index >= 15 is 0 Å². The molecule has 0 amide bonds. The zero-order valence-corrected chi connectivity index (χ0v) is 15.7. The van der Waals surface area contributed by atoms with Crippen LogP contribution in [0.3, 0.4) is 0 Å². The maximum absolute atomic E-state index is 14.4. The van der Waals surface area contributed by atoms with Crippen LogP contribution in [0.25, 0.3) is 11.3 Å². The lowest BCUT2D eigenvalue weighted by molar-refractivity contribution is -0.00593. The molecule has 0 spiro atoms. The van der Waals surface area contributed by atoms with Crippen molar-refractivity contribution in [3.63, 3.8) is 0 Å². The smallest absolute Gasteiger partial charge is 0.290 e. The fourth-order valence-electron chi connectivity index (χ4n) is 3.93. The molecule has 1 fully saturated rings.